The van der Waals surface area contributed by atoms with Crippen LogP contribution in [0, 0.1) is 18.5 Å². The van der Waals surface area contributed by atoms with Gasteiger partial charge in [-0.15, -0.1) is 29.7 Å². The summed E-state index contributed by atoms with van der Waals surface area (Å²) in [7, 11) is 0. The van der Waals surface area contributed by atoms with E-state index in [0.717, 1.165) is 133 Å². The molecule has 0 N–H and O–H groups in total. The molecule has 0 spiro atoms. The maximum atomic E-state index is 7.12. The Bertz CT molecular complexity index is 6610. The molecule has 7 heteroatoms. The van der Waals surface area contributed by atoms with E-state index in [4.69, 9.17) is 9.72 Å². The van der Waals surface area contributed by atoms with Gasteiger partial charge in [0.05, 0.1) is 33.3 Å². The molecule has 1 aliphatic rings. The maximum absolute atomic E-state index is 7.12. The average Bonchev–Trinajstić information content (AvgIpc) is 1.55. The summed E-state index contributed by atoms with van der Waals surface area (Å²) in [5.41, 5.74) is 23.6. The smallest absolute Gasteiger partial charge is 0.268 e. The number of rotatable bonds is 7. The molecule has 1 aliphatic heterocycles. The number of pyridine rings is 1. The number of nitrogens with zero attached hydrogens (tertiary/aromatic N) is 5. The fourth-order valence-corrected chi connectivity index (χ4v) is 16.0. The summed E-state index contributed by atoms with van der Waals surface area (Å²) in [5, 5.41) is 11.5. The standard InChI is InChI=1S/C94H61N5O.Pt/c1-94(2,3)64-48-49-95-90(53-64)98-87-55-67(46-47-78(87)84-57-89-83(56-88(84)98)76-37-17-13-33-72(76)71-32-11-15-35-74(71)80-41-22-42-82-77-38-18-19-44-85(77)99(89)92(80)82)100-66-29-20-28-65(54-66)96-58-97-91-68(63-51-61(59-24-6-4-7-25-59)50-62(52-63)60-26-8-5-9-27-60)39-21-40-79(91)73-34-14-10-30-69(73)70-31-12-16-36-75(70)81-43-23-45-86(96)93(81)97;/h4-53,56-57H,1-3H3;/q-2;. The molecule has 5 aromatic heterocycles. The van der Waals surface area contributed by atoms with Gasteiger partial charge in [-0.3, -0.25) is 4.57 Å². The van der Waals surface area contributed by atoms with Gasteiger partial charge in [-0.25, -0.2) is 4.98 Å². The molecule has 0 atom stereocenters. The molecule has 19 aromatic rings. The van der Waals surface area contributed by atoms with E-state index in [9.17, 15) is 0 Å². The van der Waals surface area contributed by atoms with Crippen molar-refractivity contribution in [2.24, 2.45) is 0 Å². The van der Waals surface area contributed by atoms with Crippen LogP contribution < -0.4 is 9.30 Å². The molecule has 101 heavy (non-hydrogen) atoms. The molecule has 14 aromatic carbocycles. The Morgan fingerprint density at radius 1 is 0.356 bits per heavy atom. The van der Waals surface area contributed by atoms with Crippen LogP contribution in [-0.4, -0.2) is 18.5 Å². The molecule has 0 unspecified atom stereocenters. The first-order valence-corrected chi connectivity index (χ1v) is 34.3. The molecular formula is C94H61N5OPt-2. The number of benzene rings is 14. The largest absolute Gasteiger partial charge is 0.510 e. The van der Waals surface area contributed by atoms with Gasteiger partial charge in [-0.2, -0.15) is 18.2 Å². The number of ether oxygens (including phenoxy) is 1. The van der Waals surface area contributed by atoms with Gasteiger partial charge in [0.1, 0.15) is 5.82 Å². The minimum absolute atomic E-state index is 0. The van der Waals surface area contributed by atoms with E-state index >= 15 is 0 Å². The average molecular weight is 1470 g/mol. The molecule has 6 nitrogen and oxygen atoms in total. The van der Waals surface area contributed by atoms with Crippen LogP contribution in [0.1, 0.15) is 26.3 Å². The molecule has 0 saturated heterocycles. The zero-order chi connectivity index (χ0) is 66.3. The zero-order valence-corrected chi connectivity index (χ0v) is 57.8. The fourth-order valence-electron chi connectivity index (χ4n) is 16.0. The third-order valence-electron chi connectivity index (χ3n) is 20.6. The van der Waals surface area contributed by atoms with Crippen LogP contribution in [0.3, 0.4) is 0 Å². The number of hydrogen-bond donors (Lipinski definition) is 0. The number of hydrogen-bond acceptors (Lipinski definition) is 2. The van der Waals surface area contributed by atoms with Gasteiger partial charge in [-0.1, -0.05) is 257 Å². The molecule has 480 valence electrons. The van der Waals surface area contributed by atoms with Crippen molar-refractivity contribution in [3.05, 3.63) is 340 Å². The van der Waals surface area contributed by atoms with Crippen molar-refractivity contribution in [3.63, 3.8) is 0 Å². The molecule has 20 rings (SSSR count). The predicted octanol–water partition coefficient (Wildman–Crippen LogP) is 23.8. The number of para-hydroxylation sites is 4. The van der Waals surface area contributed by atoms with E-state index in [2.05, 4.69) is 361 Å². The summed E-state index contributed by atoms with van der Waals surface area (Å²) in [6.45, 7) is 6.77. The third-order valence-corrected chi connectivity index (χ3v) is 20.6. The van der Waals surface area contributed by atoms with E-state index in [1.165, 1.54) is 49.0 Å². The number of aromatic nitrogens is 5. The Morgan fingerprint density at radius 3 is 1.54 bits per heavy atom. The van der Waals surface area contributed by atoms with E-state index in [0.29, 0.717) is 11.5 Å². The third kappa shape index (κ3) is 9.57. The summed E-state index contributed by atoms with van der Waals surface area (Å²) in [6, 6.07) is 120. The quantitative estimate of drug-likeness (QED) is 0.118. The molecule has 0 fully saturated rings. The van der Waals surface area contributed by atoms with Crippen LogP contribution in [-0.2, 0) is 26.5 Å². The summed E-state index contributed by atoms with van der Waals surface area (Å²) < 4.78 is 16.4. The zero-order valence-electron chi connectivity index (χ0n) is 55.5. The Balaban J connectivity index is 0.00000708. The van der Waals surface area contributed by atoms with Gasteiger partial charge >= 0.3 is 0 Å². The van der Waals surface area contributed by atoms with Crippen LogP contribution in [0.5, 0.6) is 11.5 Å². The second-order valence-corrected chi connectivity index (χ2v) is 27.4. The van der Waals surface area contributed by atoms with Crippen LogP contribution >= 0.6 is 0 Å². The summed E-state index contributed by atoms with van der Waals surface area (Å²) in [4.78, 5) is 5.22. The monoisotopic (exact) mass is 1470 g/mol. The minimum Gasteiger partial charge on any atom is -0.510 e. The second kappa shape index (κ2) is 23.5. The van der Waals surface area contributed by atoms with Gasteiger partial charge in [0.2, 0.25) is 0 Å². The maximum Gasteiger partial charge on any atom is 0.268 e. The summed E-state index contributed by atoms with van der Waals surface area (Å²) >= 11 is 0. The van der Waals surface area contributed by atoms with Crippen molar-refractivity contribution < 1.29 is 30.4 Å². The Morgan fingerprint density at radius 2 is 0.851 bits per heavy atom. The van der Waals surface area contributed by atoms with Crippen molar-refractivity contribution in [2.45, 2.75) is 26.2 Å². The van der Waals surface area contributed by atoms with Crippen molar-refractivity contribution in [3.8, 4) is 95.5 Å². The number of fused-ring (bicyclic) bond motifs is 20. The van der Waals surface area contributed by atoms with Gasteiger partial charge in [0.25, 0.3) is 6.33 Å². The normalized spacial score (nSPS) is 12.0. The van der Waals surface area contributed by atoms with Crippen LogP contribution in [0.4, 0.5) is 0 Å². The molecule has 0 radical (unpaired) electrons. The van der Waals surface area contributed by atoms with Crippen molar-refractivity contribution in [1.82, 2.24) is 18.5 Å². The molecule has 0 bridgehead atoms. The first kappa shape index (κ1) is 60.0. The predicted molar refractivity (Wildman–Crippen MR) is 412 cm³/mol. The second-order valence-electron chi connectivity index (χ2n) is 27.4. The van der Waals surface area contributed by atoms with Gasteiger partial charge < -0.3 is 18.3 Å². The topological polar surface area (TPSA) is 40.3 Å². The van der Waals surface area contributed by atoms with E-state index < -0.39 is 0 Å². The summed E-state index contributed by atoms with van der Waals surface area (Å²) in [5.74, 6) is 1.88. The fraction of sp³-hybridized carbons (Fsp3) is 0.0426. The van der Waals surface area contributed by atoms with E-state index in [1.807, 2.05) is 12.3 Å². The molecule has 0 aliphatic carbocycles. The first-order chi connectivity index (χ1) is 49.2. The Labute approximate surface area is 598 Å². The first-order valence-electron chi connectivity index (χ1n) is 34.3. The van der Waals surface area contributed by atoms with E-state index in [-0.39, 0.29) is 26.5 Å². The van der Waals surface area contributed by atoms with Crippen LogP contribution in [0.25, 0.3) is 176 Å². The van der Waals surface area contributed by atoms with Gasteiger partial charge in [-0.05, 0) is 159 Å². The molecule has 0 saturated carbocycles. The van der Waals surface area contributed by atoms with Gasteiger partial charge in [0, 0.05) is 65.8 Å². The van der Waals surface area contributed by atoms with Crippen molar-refractivity contribution in [2.75, 3.05) is 0 Å². The Kier molecular flexibility index (Phi) is 14.0. The van der Waals surface area contributed by atoms with Crippen LogP contribution in [0.15, 0.2) is 316 Å². The van der Waals surface area contributed by atoms with E-state index in [1.54, 1.807) is 0 Å². The SMILES string of the molecule is CC(C)(C)c1ccnc(-n2c3[c-]c(Oc4[c-]c(-n5[c-][n+]6c7c(cccc75)-c5ccccc5-c5ccccc5-c5cccc(-c7cc(-c8ccccc8)cc(-c8ccccc8)c7)c5-6)ccc4)ccc3c3cc4c(cc32)c2ccccc2c2ccccc2c2cccc3c5ccccc5n4c23)c1.[Pt]. The van der Waals surface area contributed by atoms with Crippen LogP contribution in [0.2, 0.25) is 0 Å². The van der Waals surface area contributed by atoms with Crippen molar-refractivity contribution in [1.29, 1.82) is 0 Å². The molecule has 6 heterocycles. The minimum atomic E-state index is -0.148. The summed E-state index contributed by atoms with van der Waals surface area (Å²) in [6.07, 6.45) is 5.97. The number of imidazole rings is 1. The van der Waals surface area contributed by atoms with Crippen molar-refractivity contribution >= 4 is 92.5 Å². The van der Waals surface area contributed by atoms with Gasteiger partial charge in [0.15, 0.2) is 0 Å². The Hall–Kier alpha value is -12.2. The molecular weight excluding hydrogens is 1410 g/mol. The molecule has 0 amide bonds.